The fraction of sp³-hybridized carbons (Fsp3) is 0.250. The van der Waals surface area contributed by atoms with Gasteiger partial charge in [0.05, 0.1) is 6.61 Å². The van der Waals surface area contributed by atoms with Gasteiger partial charge in [0.1, 0.15) is 5.75 Å². The molecule has 1 rings (SSSR count). The quantitative estimate of drug-likeness (QED) is 0.736. The molecule has 0 bridgehead atoms. The van der Waals surface area contributed by atoms with Crippen LogP contribution in [0, 0.1) is 0 Å². The second-order valence-electron chi connectivity index (χ2n) is 2.19. The van der Waals surface area contributed by atoms with Crippen LogP contribution < -0.4 is 4.74 Å². The zero-order chi connectivity index (χ0) is 11.0. The number of rotatable bonds is 2. The van der Waals surface area contributed by atoms with E-state index in [0.717, 1.165) is 12.4 Å². The molecule has 2 N–H and O–H groups in total. The summed E-state index contributed by atoms with van der Waals surface area (Å²) in [5, 5.41) is 0. The largest absolute Gasteiger partial charge is 0.494 e. The van der Waals surface area contributed by atoms with Crippen LogP contribution >= 0.6 is 0 Å². The normalized spacial score (nSPS) is 9.93. The molecule has 5 nitrogen and oxygen atoms in total. The molecular formula is C8H12O5S. The van der Waals surface area contributed by atoms with E-state index in [1.807, 2.05) is 37.3 Å². The predicted molar refractivity (Wildman–Crippen MR) is 51.8 cm³/mol. The molecule has 0 aliphatic rings. The lowest BCUT2D eigenvalue weighted by atomic mass is 10.3. The zero-order valence-electron chi connectivity index (χ0n) is 7.62. The Kier molecular flexibility index (Phi) is 5.86. The first-order valence-corrected chi connectivity index (χ1v) is 5.21. The van der Waals surface area contributed by atoms with Crippen molar-refractivity contribution in [1.29, 1.82) is 0 Å². The summed E-state index contributed by atoms with van der Waals surface area (Å²) in [6, 6.07) is 9.80. The first-order chi connectivity index (χ1) is 6.43. The molecule has 0 amide bonds. The molecule has 0 heterocycles. The molecule has 0 radical (unpaired) electrons. The number of benzene rings is 1. The van der Waals surface area contributed by atoms with Crippen LogP contribution in [0.3, 0.4) is 0 Å². The minimum atomic E-state index is -4.67. The molecule has 0 aliphatic carbocycles. The van der Waals surface area contributed by atoms with Crippen molar-refractivity contribution in [1.82, 2.24) is 0 Å². The number of hydrogen-bond donors (Lipinski definition) is 2. The Labute approximate surface area is 82.9 Å². The van der Waals surface area contributed by atoms with Crippen molar-refractivity contribution in [3.8, 4) is 5.75 Å². The van der Waals surface area contributed by atoms with Crippen LogP contribution in [0.2, 0.25) is 0 Å². The molecule has 0 fully saturated rings. The minimum absolute atomic E-state index is 0.740. The highest BCUT2D eigenvalue weighted by atomic mass is 32.3. The van der Waals surface area contributed by atoms with Crippen molar-refractivity contribution < 1.29 is 22.3 Å². The van der Waals surface area contributed by atoms with Gasteiger partial charge in [0.15, 0.2) is 0 Å². The van der Waals surface area contributed by atoms with Gasteiger partial charge in [-0.2, -0.15) is 8.42 Å². The van der Waals surface area contributed by atoms with E-state index in [2.05, 4.69) is 0 Å². The van der Waals surface area contributed by atoms with E-state index < -0.39 is 10.4 Å². The molecule has 80 valence electrons. The summed E-state index contributed by atoms with van der Waals surface area (Å²) in [7, 11) is -4.67. The van der Waals surface area contributed by atoms with Crippen molar-refractivity contribution in [2.45, 2.75) is 6.92 Å². The Balaban J connectivity index is 0.000000292. The SMILES string of the molecule is CCOc1ccccc1.O=S(=O)(O)O. The van der Waals surface area contributed by atoms with E-state index in [4.69, 9.17) is 22.3 Å². The van der Waals surface area contributed by atoms with Gasteiger partial charge in [0.25, 0.3) is 0 Å². The third-order valence-electron chi connectivity index (χ3n) is 1.05. The molecule has 0 spiro atoms. The lowest BCUT2D eigenvalue weighted by Gasteiger charge is -1.99. The van der Waals surface area contributed by atoms with Gasteiger partial charge in [-0.1, -0.05) is 18.2 Å². The third-order valence-corrected chi connectivity index (χ3v) is 1.05. The summed E-state index contributed by atoms with van der Waals surface area (Å²) in [6.45, 7) is 2.72. The fourth-order valence-corrected chi connectivity index (χ4v) is 0.683. The maximum absolute atomic E-state index is 8.74. The Morgan fingerprint density at radius 1 is 1.21 bits per heavy atom. The highest BCUT2D eigenvalue weighted by Crippen LogP contribution is 2.06. The van der Waals surface area contributed by atoms with E-state index in [-0.39, 0.29) is 0 Å². The highest BCUT2D eigenvalue weighted by Gasteiger charge is 1.85. The van der Waals surface area contributed by atoms with Crippen LogP contribution in [0.5, 0.6) is 5.75 Å². The van der Waals surface area contributed by atoms with Crippen molar-refractivity contribution in [3.63, 3.8) is 0 Å². The molecule has 0 saturated heterocycles. The standard InChI is InChI=1S/C8H10O.H2O4S/c1-2-9-8-6-4-3-5-7-8;1-5(2,3)4/h3-7H,2H2,1H3;(H2,1,2,3,4). The summed E-state index contributed by atoms with van der Waals surface area (Å²) in [4.78, 5) is 0. The van der Waals surface area contributed by atoms with Gasteiger partial charge in [-0.3, -0.25) is 9.11 Å². The fourth-order valence-electron chi connectivity index (χ4n) is 0.683. The monoisotopic (exact) mass is 220 g/mol. The average molecular weight is 220 g/mol. The summed E-state index contributed by atoms with van der Waals surface area (Å²) >= 11 is 0. The summed E-state index contributed by atoms with van der Waals surface area (Å²) in [6.07, 6.45) is 0. The smallest absolute Gasteiger partial charge is 0.394 e. The van der Waals surface area contributed by atoms with Gasteiger partial charge in [0.2, 0.25) is 0 Å². The van der Waals surface area contributed by atoms with Gasteiger partial charge < -0.3 is 4.74 Å². The number of hydrogen-bond acceptors (Lipinski definition) is 3. The third kappa shape index (κ3) is 10.9. The van der Waals surface area contributed by atoms with Crippen LogP contribution in [0.15, 0.2) is 30.3 Å². The highest BCUT2D eigenvalue weighted by molar-refractivity contribution is 7.79. The molecule has 1 aromatic rings. The minimum Gasteiger partial charge on any atom is -0.494 e. The van der Waals surface area contributed by atoms with E-state index in [1.165, 1.54) is 0 Å². The van der Waals surface area contributed by atoms with Crippen LogP contribution in [-0.4, -0.2) is 24.1 Å². The average Bonchev–Trinajstić information content (AvgIpc) is 2.03. The van der Waals surface area contributed by atoms with E-state index in [9.17, 15) is 0 Å². The molecule has 0 saturated carbocycles. The van der Waals surface area contributed by atoms with Gasteiger partial charge in [-0.25, -0.2) is 0 Å². The summed E-state index contributed by atoms with van der Waals surface area (Å²) < 4.78 is 36.8. The van der Waals surface area contributed by atoms with E-state index >= 15 is 0 Å². The Hall–Kier alpha value is -1.11. The second kappa shape index (κ2) is 6.36. The Morgan fingerprint density at radius 3 is 2.00 bits per heavy atom. The molecule has 0 aromatic heterocycles. The first-order valence-electron chi connectivity index (χ1n) is 3.81. The lowest BCUT2D eigenvalue weighted by molar-refractivity contribution is 0.340. The lowest BCUT2D eigenvalue weighted by Crippen LogP contribution is -1.89. The number of para-hydroxylation sites is 1. The first kappa shape index (κ1) is 12.9. The van der Waals surface area contributed by atoms with Gasteiger partial charge in [-0.15, -0.1) is 0 Å². The van der Waals surface area contributed by atoms with Crippen molar-refractivity contribution >= 4 is 10.4 Å². The Morgan fingerprint density at radius 2 is 1.64 bits per heavy atom. The van der Waals surface area contributed by atoms with Crippen LogP contribution in [0.1, 0.15) is 6.92 Å². The molecule has 1 aromatic carbocycles. The zero-order valence-corrected chi connectivity index (χ0v) is 8.44. The molecular weight excluding hydrogens is 208 g/mol. The van der Waals surface area contributed by atoms with E-state index in [1.54, 1.807) is 0 Å². The summed E-state index contributed by atoms with van der Waals surface area (Å²) in [5.41, 5.74) is 0. The maximum Gasteiger partial charge on any atom is 0.394 e. The Bertz CT molecular complexity index is 324. The maximum atomic E-state index is 8.74. The predicted octanol–water partition coefficient (Wildman–Crippen LogP) is 1.43. The number of ether oxygens (including phenoxy) is 1. The van der Waals surface area contributed by atoms with Crippen LogP contribution in [-0.2, 0) is 10.4 Å². The molecule has 0 atom stereocenters. The van der Waals surface area contributed by atoms with Gasteiger partial charge in [0, 0.05) is 0 Å². The van der Waals surface area contributed by atoms with Gasteiger partial charge >= 0.3 is 10.4 Å². The van der Waals surface area contributed by atoms with Crippen LogP contribution in [0.4, 0.5) is 0 Å². The molecule has 0 unspecified atom stereocenters. The van der Waals surface area contributed by atoms with Crippen LogP contribution in [0.25, 0.3) is 0 Å². The van der Waals surface area contributed by atoms with Crippen molar-refractivity contribution in [3.05, 3.63) is 30.3 Å². The van der Waals surface area contributed by atoms with Gasteiger partial charge in [-0.05, 0) is 19.1 Å². The molecule has 0 aliphatic heterocycles. The van der Waals surface area contributed by atoms with Crippen molar-refractivity contribution in [2.24, 2.45) is 0 Å². The van der Waals surface area contributed by atoms with Crippen molar-refractivity contribution in [2.75, 3.05) is 6.61 Å². The topological polar surface area (TPSA) is 83.8 Å². The van der Waals surface area contributed by atoms with E-state index in [0.29, 0.717) is 0 Å². The molecule has 14 heavy (non-hydrogen) atoms. The summed E-state index contributed by atoms with van der Waals surface area (Å²) in [5.74, 6) is 0.944. The molecule has 6 heteroatoms. The second-order valence-corrected chi connectivity index (χ2v) is 3.09.